The first kappa shape index (κ1) is 19.7. The van der Waals surface area contributed by atoms with E-state index < -0.39 is 12.1 Å². The molecule has 0 radical (unpaired) electrons. The van der Waals surface area contributed by atoms with Gasteiger partial charge in [-0.1, -0.05) is 38.1 Å². The molecule has 1 heterocycles. The third-order valence-electron chi connectivity index (χ3n) is 4.47. The fourth-order valence-electron chi connectivity index (χ4n) is 2.88. The number of esters is 1. The molecular formula is C23H24O5. The zero-order valence-electron chi connectivity index (χ0n) is 16.5. The Morgan fingerprint density at radius 1 is 1.11 bits per heavy atom. The van der Waals surface area contributed by atoms with Crippen LogP contribution in [0.1, 0.15) is 55.1 Å². The summed E-state index contributed by atoms with van der Waals surface area (Å²) in [5.41, 5.74) is 2.61. The largest absolute Gasteiger partial charge is 0.479 e. The lowest BCUT2D eigenvalue weighted by molar-refractivity contribution is -0.150. The molecule has 146 valence electrons. The highest BCUT2D eigenvalue weighted by molar-refractivity contribution is 6.14. The number of ether oxygens (including phenoxy) is 3. The van der Waals surface area contributed by atoms with E-state index >= 15 is 0 Å². The normalized spacial score (nSPS) is 15.3. The van der Waals surface area contributed by atoms with E-state index in [1.165, 1.54) is 5.56 Å². The monoisotopic (exact) mass is 380 g/mol. The highest BCUT2D eigenvalue weighted by atomic mass is 16.6. The van der Waals surface area contributed by atoms with Gasteiger partial charge in [0.2, 0.25) is 5.78 Å². The maximum atomic E-state index is 12.6. The van der Waals surface area contributed by atoms with Gasteiger partial charge in [-0.05, 0) is 49.1 Å². The first-order chi connectivity index (χ1) is 13.4. The molecule has 0 amide bonds. The Morgan fingerprint density at radius 2 is 1.82 bits per heavy atom. The van der Waals surface area contributed by atoms with Gasteiger partial charge in [-0.2, -0.15) is 0 Å². The number of Topliss-reactive ketones (excluding diaryl/α,β-unsaturated/α-hetero) is 1. The van der Waals surface area contributed by atoms with Crippen molar-refractivity contribution in [3.63, 3.8) is 0 Å². The standard InChI is InChI=1S/C23H24O5/c1-5-26-23(25)15(4)27-18-10-11-19-20(13-18)28-21(22(19)24)12-16-6-8-17(9-7-16)14(2)3/h6-15H,5H2,1-4H3. The van der Waals surface area contributed by atoms with Gasteiger partial charge in [0.1, 0.15) is 11.5 Å². The summed E-state index contributed by atoms with van der Waals surface area (Å²) in [5.74, 6) is 0.963. The van der Waals surface area contributed by atoms with Gasteiger partial charge < -0.3 is 14.2 Å². The minimum absolute atomic E-state index is 0.173. The molecule has 0 saturated heterocycles. The molecule has 0 spiro atoms. The molecule has 5 heteroatoms. The Kier molecular flexibility index (Phi) is 5.83. The number of carbonyl (C=O) groups excluding carboxylic acids is 2. The van der Waals surface area contributed by atoms with E-state index in [0.717, 1.165) is 5.56 Å². The molecule has 1 aliphatic rings. The van der Waals surface area contributed by atoms with Crippen LogP contribution < -0.4 is 9.47 Å². The molecule has 2 aromatic carbocycles. The predicted molar refractivity (Wildman–Crippen MR) is 107 cm³/mol. The number of benzene rings is 2. The highest BCUT2D eigenvalue weighted by Gasteiger charge is 2.28. The van der Waals surface area contributed by atoms with Gasteiger partial charge in [0.25, 0.3) is 0 Å². The minimum atomic E-state index is -0.746. The number of hydrogen-bond acceptors (Lipinski definition) is 5. The molecule has 0 aromatic heterocycles. The van der Waals surface area contributed by atoms with Gasteiger partial charge in [-0.15, -0.1) is 0 Å². The second-order valence-corrected chi connectivity index (χ2v) is 6.93. The van der Waals surface area contributed by atoms with Crippen molar-refractivity contribution in [2.45, 2.75) is 39.7 Å². The summed E-state index contributed by atoms with van der Waals surface area (Å²) >= 11 is 0. The van der Waals surface area contributed by atoms with E-state index in [2.05, 4.69) is 13.8 Å². The van der Waals surface area contributed by atoms with Crippen molar-refractivity contribution in [3.8, 4) is 11.5 Å². The van der Waals surface area contributed by atoms with Gasteiger partial charge in [0, 0.05) is 6.07 Å². The highest BCUT2D eigenvalue weighted by Crippen LogP contribution is 2.35. The number of allylic oxidation sites excluding steroid dienone is 1. The third-order valence-corrected chi connectivity index (χ3v) is 4.47. The zero-order chi connectivity index (χ0) is 20.3. The van der Waals surface area contributed by atoms with Crippen LogP contribution in [0.5, 0.6) is 11.5 Å². The van der Waals surface area contributed by atoms with E-state index in [0.29, 0.717) is 29.6 Å². The second kappa shape index (κ2) is 8.30. The number of fused-ring (bicyclic) bond motifs is 1. The smallest absolute Gasteiger partial charge is 0.347 e. The van der Waals surface area contributed by atoms with Crippen LogP contribution in [0.3, 0.4) is 0 Å². The summed E-state index contributed by atoms with van der Waals surface area (Å²) in [6.07, 6.45) is 0.985. The molecule has 3 rings (SSSR count). The Balaban J connectivity index is 1.76. The molecule has 0 bridgehead atoms. The van der Waals surface area contributed by atoms with Gasteiger partial charge >= 0.3 is 5.97 Å². The lowest BCUT2D eigenvalue weighted by Crippen LogP contribution is -2.26. The average molecular weight is 380 g/mol. The van der Waals surface area contributed by atoms with Crippen LogP contribution in [-0.4, -0.2) is 24.5 Å². The van der Waals surface area contributed by atoms with Crippen LogP contribution in [0.4, 0.5) is 0 Å². The molecule has 0 aliphatic carbocycles. The van der Waals surface area contributed by atoms with Crippen molar-refractivity contribution < 1.29 is 23.8 Å². The molecule has 1 aliphatic heterocycles. The molecule has 0 saturated carbocycles. The molecule has 1 atom stereocenters. The van der Waals surface area contributed by atoms with E-state index in [-0.39, 0.29) is 11.5 Å². The zero-order valence-corrected chi connectivity index (χ0v) is 16.5. The van der Waals surface area contributed by atoms with Crippen LogP contribution in [0.15, 0.2) is 48.2 Å². The van der Waals surface area contributed by atoms with Crippen molar-refractivity contribution in [1.29, 1.82) is 0 Å². The van der Waals surface area contributed by atoms with Gasteiger partial charge in [-0.3, -0.25) is 4.79 Å². The third kappa shape index (κ3) is 4.25. The van der Waals surface area contributed by atoms with E-state index in [4.69, 9.17) is 14.2 Å². The summed E-state index contributed by atoms with van der Waals surface area (Å²) in [6.45, 7) is 7.92. The fraction of sp³-hybridized carbons (Fsp3) is 0.304. The van der Waals surface area contributed by atoms with Gasteiger partial charge in [0.15, 0.2) is 11.9 Å². The quantitative estimate of drug-likeness (QED) is 0.534. The van der Waals surface area contributed by atoms with Gasteiger partial charge in [0.05, 0.1) is 12.2 Å². The first-order valence-corrected chi connectivity index (χ1v) is 9.40. The predicted octanol–water partition coefficient (Wildman–Crippen LogP) is 4.76. The average Bonchev–Trinajstić information content (AvgIpc) is 2.97. The van der Waals surface area contributed by atoms with Crippen LogP contribution in [-0.2, 0) is 9.53 Å². The molecule has 1 unspecified atom stereocenters. The van der Waals surface area contributed by atoms with Crippen molar-refractivity contribution in [3.05, 3.63) is 64.9 Å². The lowest BCUT2D eigenvalue weighted by atomic mass is 10.0. The number of carbonyl (C=O) groups is 2. The molecule has 2 aromatic rings. The minimum Gasteiger partial charge on any atom is -0.479 e. The summed E-state index contributed by atoms with van der Waals surface area (Å²) in [6, 6.07) is 12.9. The molecule has 0 N–H and O–H groups in total. The van der Waals surface area contributed by atoms with Crippen molar-refractivity contribution in [1.82, 2.24) is 0 Å². The fourth-order valence-corrected chi connectivity index (χ4v) is 2.88. The van der Waals surface area contributed by atoms with Crippen molar-refractivity contribution >= 4 is 17.8 Å². The molecule has 5 nitrogen and oxygen atoms in total. The Hall–Kier alpha value is -3.08. The van der Waals surface area contributed by atoms with Crippen LogP contribution in [0.2, 0.25) is 0 Å². The lowest BCUT2D eigenvalue weighted by Gasteiger charge is -2.13. The van der Waals surface area contributed by atoms with E-state index in [1.54, 1.807) is 38.1 Å². The summed E-state index contributed by atoms with van der Waals surface area (Å²) < 4.78 is 16.3. The Labute approximate surface area is 164 Å². The van der Waals surface area contributed by atoms with Crippen LogP contribution in [0.25, 0.3) is 6.08 Å². The van der Waals surface area contributed by atoms with Crippen LogP contribution >= 0.6 is 0 Å². The number of ketones is 1. The maximum absolute atomic E-state index is 12.6. The maximum Gasteiger partial charge on any atom is 0.347 e. The van der Waals surface area contributed by atoms with Crippen LogP contribution in [0, 0.1) is 0 Å². The summed E-state index contributed by atoms with van der Waals surface area (Å²) in [5, 5.41) is 0. The van der Waals surface area contributed by atoms with Crippen molar-refractivity contribution in [2.24, 2.45) is 0 Å². The molecular weight excluding hydrogens is 356 g/mol. The molecule has 0 fully saturated rings. The number of rotatable bonds is 6. The Morgan fingerprint density at radius 3 is 2.46 bits per heavy atom. The SMILES string of the molecule is CCOC(=O)C(C)Oc1ccc2c(c1)OC(=Cc1ccc(C(C)C)cc1)C2=O. The van der Waals surface area contributed by atoms with Gasteiger partial charge in [-0.25, -0.2) is 4.79 Å². The number of hydrogen-bond donors (Lipinski definition) is 0. The molecule has 28 heavy (non-hydrogen) atoms. The summed E-state index contributed by atoms with van der Waals surface area (Å²) in [7, 11) is 0. The topological polar surface area (TPSA) is 61.8 Å². The van der Waals surface area contributed by atoms with Crippen molar-refractivity contribution in [2.75, 3.05) is 6.61 Å². The first-order valence-electron chi connectivity index (χ1n) is 9.40. The van der Waals surface area contributed by atoms with E-state index in [1.807, 2.05) is 24.3 Å². The summed E-state index contributed by atoms with van der Waals surface area (Å²) in [4.78, 5) is 24.3. The van der Waals surface area contributed by atoms with E-state index in [9.17, 15) is 9.59 Å². The Bertz CT molecular complexity index is 909. The second-order valence-electron chi connectivity index (χ2n) is 6.93.